The molecule has 0 radical (unpaired) electrons. The number of aromatic nitrogens is 5. The van der Waals surface area contributed by atoms with Gasteiger partial charge in [0.25, 0.3) is 0 Å². The van der Waals surface area contributed by atoms with E-state index in [4.69, 9.17) is 5.11 Å². The smallest absolute Gasteiger partial charge is 0.305 e. The average Bonchev–Trinajstić information content (AvgIpc) is 2.84. The van der Waals surface area contributed by atoms with Crippen LogP contribution in [0, 0.1) is 5.41 Å². The maximum atomic E-state index is 11.1. The van der Waals surface area contributed by atoms with Crippen molar-refractivity contribution in [2.24, 2.45) is 5.41 Å². The third-order valence-electron chi connectivity index (χ3n) is 3.05. The number of carboxylic acids is 1. The second-order valence-electron chi connectivity index (χ2n) is 5.64. The van der Waals surface area contributed by atoms with Crippen molar-refractivity contribution < 1.29 is 9.90 Å². The molecule has 0 spiro atoms. The first-order valence-corrected chi connectivity index (χ1v) is 6.30. The molecule has 7 heteroatoms. The van der Waals surface area contributed by atoms with Crippen molar-refractivity contribution in [2.75, 3.05) is 0 Å². The highest BCUT2D eigenvalue weighted by Crippen LogP contribution is 2.34. The number of carboxylic acid groups (broad SMARTS) is 1. The summed E-state index contributed by atoms with van der Waals surface area (Å²) in [5.41, 5.74) is 0.328. The normalized spacial score (nSPS) is 13.2. The Bertz CT molecular complexity index is 588. The molecular formula is C13H17N5O2. The Morgan fingerprint density at radius 1 is 1.40 bits per heavy atom. The average molecular weight is 275 g/mol. The summed E-state index contributed by atoms with van der Waals surface area (Å²) in [5.74, 6) is -0.404. The lowest BCUT2D eigenvalue weighted by molar-refractivity contribution is -0.138. The van der Waals surface area contributed by atoms with E-state index in [1.807, 2.05) is 26.8 Å². The molecule has 1 atom stereocenters. The minimum Gasteiger partial charge on any atom is -0.481 e. The minimum atomic E-state index is -0.882. The van der Waals surface area contributed by atoms with E-state index in [1.54, 1.807) is 23.0 Å². The van der Waals surface area contributed by atoms with Gasteiger partial charge in [-0.15, -0.1) is 5.10 Å². The van der Waals surface area contributed by atoms with Gasteiger partial charge in [-0.1, -0.05) is 26.8 Å². The predicted octanol–water partition coefficient (Wildman–Crippen LogP) is 1.80. The quantitative estimate of drug-likeness (QED) is 0.914. The van der Waals surface area contributed by atoms with Gasteiger partial charge in [0.15, 0.2) is 0 Å². The van der Waals surface area contributed by atoms with E-state index in [1.165, 1.54) is 0 Å². The molecule has 0 bridgehead atoms. The van der Waals surface area contributed by atoms with Crippen molar-refractivity contribution in [1.82, 2.24) is 25.2 Å². The third-order valence-corrected chi connectivity index (χ3v) is 3.05. The highest BCUT2D eigenvalue weighted by molar-refractivity contribution is 5.67. The number of hydrogen-bond donors (Lipinski definition) is 1. The zero-order valence-corrected chi connectivity index (χ0v) is 11.7. The predicted molar refractivity (Wildman–Crippen MR) is 71.8 cm³/mol. The Labute approximate surface area is 116 Å². The summed E-state index contributed by atoms with van der Waals surface area (Å²) in [4.78, 5) is 15.3. The van der Waals surface area contributed by atoms with Crippen LogP contribution >= 0.6 is 0 Å². The molecule has 2 rings (SSSR count). The topological polar surface area (TPSA) is 93.8 Å². The Morgan fingerprint density at radius 3 is 2.70 bits per heavy atom. The van der Waals surface area contributed by atoms with Gasteiger partial charge in [0.05, 0.1) is 12.5 Å². The first kappa shape index (κ1) is 14.1. The fraction of sp³-hybridized carbons (Fsp3) is 0.462. The van der Waals surface area contributed by atoms with Crippen LogP contribution in [0.4, 0.5) is 0 Å². The van der Waals surface area contributed by atoms with E-state index < -0.39 is 5.97 Å². The highest BCUT2D eigenvalue weighted by atomic mass is 16.4. The molecule has 0 aromatic carbocycles. The maximum absolute atomic E-state index is 11.1. The maximum Gasteiger partial charge on any atom is 0.305 e. The number of tetrazole rings is 1. The van der Waals surface area contributed by atoms with E-state index in [0.717, 1.165) is 0 Å². The van der Waals surface area contributed by atoms with Gasteiger partial charge in [-0.3, -0.25) is 9.78 Å². The molecule has 2 aromatic rings. The molecule has 0 aliphatic heterocycles. The summed E-state index contributed by atoms with van der Waals surface area (Å²) in [6, 6.07) is 5.08. The molecule has 0 aliphatic carbocycles. The minimum absolute atomic E-state index is 0.0472. The van der Waals surface area contributed by atoms with Crippen LogP contribution in [0.3, 0.4) is 0 Å². The van der Waals surface area contributed by atoms with E-state index in [-0.39, 0.29) is 17.9 Å². The van der Waals surface area contributed by atoms with E-state index in [9.17, 15) is 4.79 Å². The fourth-order valence-electron chi connectivity index (χ4n) is 1.99. The Kier molecular flexibility index (Phi) is 3.78. The van der Waals surface area contributed by atoms with Crippen molar-refractivity contribution in [2.45, 2.75) is 33.2 Å². The molecule has 0 saturated heterocycles. The molecule has 20 heavy (non-hydrogen) atoms. The molecular weight excluding hydrogens is 258 g/mol. The van der Waals surface area contributed by atoms with E-state index in [2.05, 4.69) is 20.5 Å². The van der Waals surface area contributed by atoms with Crippen LogP contribution in [0.15, 0.2) is 24.4 Å². The standard InChI is InChI=1S/C13H17N5O2/c1-13(2,3)10(8-11(19)20)18-12(15-16-17-18)9-6-4-5-7-14-9/h4-7,10H,8H2,1-3H3,(H,19,20). The zero-order valence-electron chi connectivity index (χ0n) is 11.7. The summed E-state index contributed by atoms with van der Waals surface area (Å²) in [6.45, 7) is 5.89. The van der Waals surface area contributed by atoms with Gasteiger partial charge < -0.3 is 5.11 Å². The SMILES string of the molecule is CC(C)(C)C(CC(=O)O)n1nnnc1-c1ccccn1. The molecule has 0 fully saturated rings. The van der Waals surface area contributed by atoms with Crippen LogP contribution in [0.1, 0.15) is 33.2 Å². The van der Waals surface area contributed by atoms with Crippen molar-refractivity contribution in [3.63, 3.8) is 0 Å². The number of hydrogen-bond acceptors (Lipinski definition) is 5. The van der Waals surface area contributed by atoms with Crippen LogP contribution in [0.5, 0.6) is 0 Å². The molecule has 7 nitrogen and oxygen atoms in total. The van der Waals surface area contributed by atoms with Crippen molar-refractivity contribution in [3.8, 4) is 11.5 Å². The van der Waals surface area contributed by atoms with Gasteiger partial charge in [0.1, 0.15) is 5.69 Å². The second-order valence-corrected chi connectivity index (χ2v) is 5.64. The number of aliphatic carboxylic acids is 1. The molecule has 2 heterocycles. The largest absolute Gasteiger partial charge is 0.481 e. The number of carbonyl (C=O) groups is 1. The Hall–Kier alpha value is -2.31. The van der Waals surface area contributed by atoms with Crippen LogP contribution < -0.4 is 0 Å². The second kappa shape index (κ2) is 5.36. The summed E-state index contributed by atoms with van der Waals surface area (Å²) in [5, 5.41) is 20.7. The van der Waals surface area contributed by atoms with E-state index in [0.29, 0.717) is 11.5 Å². The summed E-state index contributed by atoms with van der Waals surface area (Å²) >= 11 is 0. The molecule has 0 saturated carbocycles. The lowest BCUT2D eigenvalue weighted by Crippen LogP contribution is -2.28. The van der Waals surface area contributed by atoms with Gasteiger partial charge in [-0.05, 0) is 28.0 Å². The van der Waals surface area contributed by atoms with Gasteiger partial charge in [-0.2, -0.15) is 0 Å². The molecule has 0 amide bonds. The summed E-state index contributed by atoms with van der Waals surface area (Å²) in [6.07, 6.45) is 1.60. The zero-order chi connectivity index (χ0) is 14.8. The Morgan fingerprint density at radius 2 is 2.15 bits per heavy atom. The molecule has 106 valence electrons. The first-order valence-electron chi connectivity index (χ1n) is 6.30. The van der Waals surface area contributed by atoms with Crippen molar-refractivity contribution in [1.29, 1.82) is 0 Å². The summed E-state index contributed by atoms with van der Waals surface area (Å²) in [7, 11) is 0. The fourth-order valence-corrected chi connectivity index (χ4v) is 1.99. The van der Waals surface area contributed by atoms with Gasteiger partial charge in [0.2, 0.25) is 5.82 Å². The molecule has 1 N–H and O–H groups in total. The number of pyridine rings is 1. The van der Waals surface area contributed by atoms with Crippen LogP contribution in [-0.4, -0.2) is 36.3 Å². The monoisotopic (exact) mass is 275 g/mol. The van der Waals surface area contributed by atoms with Crippen molar-refractivity contribution >= 4 is 5.97 Å². The Balaban J connectivity index is 2.46. The van der Waals surface area contributed by atoms with Crippen LogP contribution in [0.2, 0.25) is 0 Å². The highest BCUT2D eigenvalue weighted by Gasteiger charge is 2.32. The first-order chi connectivity index (χ1) is 9.39. The molecule has 1 unspecified atom stereocenters. The number of rotatable bonds is 4. The van der Waals surface area contributed by atoms with Gasteiger partial charge in [-0.25, -0.2) is 4.68 Å². The molecule has 2 aromatic heterocycles. The van der Waals surface area contributed by atoms with Crippen molar-refractivity contribution in [3.05, 3.63) is 24.4 Å². The van der Waals surface area contributed by atoms with Crippen LogP contribution in [-0.2, 0) is 4.79 Å². The summed E-state index contributed by atoms with van der Waals surface area (Å²) < 4.78 is 1.55. The van der Waals surface area contributed by atoms with E-state index >= 15 is 0 Å². The third kappa shape index (κ3) is 2.98. The number of nitrogens with zero attached hydrogens (tertiary/aromatic N) is 5. The van der Waals surface area contributed by atoms with Gasteiger partial charge >= 0.3 is 5.97 Å². The van der Waals surface area contributed by atoms with Crippen LogP contribution in [0.25, 0.3) is 11.5 Å². The lowest BCUT2D eigenvalue weighted by Gasteiger charge is -2.29. The lowest BCUT2D eigenvalue weighted by atomic mass is 9.84. The molecule has 0 aliphatic rings. The van der Waals surface area contributed by atoms with Gasteiger partial charge in [0, 0.05) is 6.20 Å².